The van der Waals surface area contributed by atoms with E-state index in [0.717, 1.165) is 18.9 Å². The van der Waals surface area contributed by atoms with Crippen LogP contribution in [-0.4, -0.2) is 24.9 Å². The van der Waals surface area contributed by atoms with Gasteiger partial charge in [-0.25, -0.2) is 5.01 Å². The maximum atomic E-state index is 6.37. The van der Waals surface area contributed by atoms with E-state index in [2.05, 4.69) is 51.1 Å². The number of nitrogens with zero attached hydrogens (tertiary/aromatic N) is 1. The minimum atomic E-state index is -0.00295. The van der Waals surface area contributed by atoms with Gasteiger partial charge in [0.15, 0.2) is 0 Å². The Hall–Kier alpha value is -0.900. The Bertz CT molecular complexity index is 446. The van der Waals surface area contributed by atoms with Gasteiger partial charge in [0.05, 0.1) is 0 Å². The van der Waals surface area contributed by atoms with Gasteiger partial charge >= 0.3 is 0 Å². The third kappa shape index (κ3) is 4.55. The van der Waals surface area contributed by atoms with Crippen LogP contribution >= 0.6 is 0 Å². The van der Waals surface area contributed by atoms with Gasteiger partial charge < -0.3 is 4.74 Å². The smallest absolute Gasteiger partial charge is 0.122 e. The van der Waals surface area contributed by atoms with E-state index in [-0.39, 0.29) is 11.6 Å². The van der Waals surface area contributed by atoms with Crippen molar-refractivity contribution in [3.63, 3.8) is 0 Å². The number of methoxy groups -OCH3 is 1. The molecule has 3 unspecified atom stereocenters. The highest BCUT2D eigenvalue weighted by molar-refractivity contribution is 5.20. The van der Waals surface area contributed by atoms with E-state index in [1.54, 1.807) is 7.11 Å². The molecule has 1 aromatic rings. The van der Waals surface area contributed by atoms with Crippen LogP contribution in [0.1, 0.15) is 57.9 Å². The van der Waals surface area contributed by atoms with E-state index in [1.165, 1.54) is 24.8 Å². The molecule has 3 heteroatoms. The maximum absolute atomic E-state index is 6.37. The molecule has 0 saturated carbocycles. The first kappa shape index (κ1) is 17.5. The Kier molecular flexibility index (Phi) is 6.01. The molecule has 22 heavy (non-hydrogen) atoms. The highest BCUT2D eigenvalue weighted by Gasteiger charge is 2.33. The van der Waals surface area contributed by atoms with Crippen LogP contribution < -0.4 is 5.84 Å². The van der Waals surface area contributed by atoms with Gasteiger partial charge in [0.25, 0.3) is 0 Å². The number of hydrogen-bond acceptors (Lipinski definition) is 3. The maximum Gasteiger partial charge on any atom is 0.122 e. The van der Waals surface area contributed by atoms with Crippen molar-refractivity contribution in [3.8, 4) is 0 Å². The summed E-state index contributed by atoms with van der Waals surface area (Å²) in [6, 6.07) is 10.8. The van der Waals surface area contributed by atoms with Crippen LogP contribution in [0.15, 0.2) is 30.3 Å². The summed E-state index contributed by atoms with van der Waals surface area (Å²) in [5.41, 5.74) is 1.65. The number of rotatable bonds is 3. The standard InChI is InChI=1S/C19H32N2O/c1-5-15-11-17(16-9-7-6-8-10-16)14-21(20)18(22-4)13-19(2,3)12-15/h6-10,15,17-18H,5,11-14,20H2,1-4H3. The number of ether oxygens (including phenoxy) is 1. The van der Waals surface area contributed by atoms with Crippen molar-refractivity contribution in [1.82, 2.24) is 5.01 Å². The van der Waals surface area contributed by atoms with Crippen molar-refractivity contribution < 1.29 is 4.74 Å². The van der Waals surface area contributed by atoms with Gasteiger partial charge in [0.2, 0.25) is 0 Å². The van der Waals surface area contributed by atoms with Gasteiger partial charge in [-0.2, -0.15) is 0 Å². The summed E-state index contributed by atoms with van der Waals surface area (Å²) in [5, 5.41) is 1.91. The summed E-state index contributed by atoms with van der Waals surface area (Å²) in [6.45, 7) is 7.86. The highest BCUT2D eigenvalue weighted by Crippen LogP contribution is 2.39. The number of hydrogen-bond donors (Lipinski definition) is 1. The van der Waals surface area contributed by atoms with Crippen molar-refractivity contribution in [2.75, 3.05) is 13.7 Å². The van der Waals surface area contributed by atoms with Crippen LogP contribution in [0.5, 0.6) is 0 Å². The van der Waals surface area contributed by atoms with Crippen LogP contribution in [0.2, 0.25) is 0 Å². The Morgan fingerprint density at radius 2 is 1.91 bits per heavy atom. The highest BCUT2D eigenvalue weighted by atomic mass is 16.5. The van der Waals surface area contributed by atoms with Gasteiger partial charge in [-0.3, -0.25) is 5.84 Å². The molecule has 124 valence electrons. The summed E-state index contributed by atoms with van der Waals surface area (Å²) >= 11 is 0. The molecule has 0 amide bonds. The molecule has 0 aromatic heterocycles. The number of nitrogens with two attached hydrogens (primary N) is 1. The van der Waals surface area contributed by atoms with E-state index in [4.69, 9.17) is 10.6 Å². The largest absolute Gasteiger partial charge is 0.365 e. The molecule has 1 aliphatic rings. The predicted molar refractivity (Wildman–Crippen MR) is 92.3 cm³/mol. The van der Waals surface area contributed by atoms with Gasteiger partial charge in [-0.05, 0) is 42.1 Å². The fraction of sp³-hybridized carbons (Fsp3) is 0.684. The molecule has 1 saturated heterocycles. The Morgan fingerprint density at radius 1 is 1.23 bits per heavy atom. The van der Waals surface area contributed by atoms with Crippen LogP contribution in [0.4, 0.5) is 0 Å². The fourth-order valence-corrected chi connectivity index (χ4v) is 3.88. The lowest BCUT2D eigenvalue weighted by molar-refractivity contribution is -0.0596. The monoisotopic (exact) mass is 304 g/mol. The molecule has 1 aliphatic heterocycles. The van der Waals surface area contributed by atoms with Gasteiger partial charge in [-0.15, -0.1) is 0 Å². The summed E-state index contributed by atoms with van der Waals surface area (Å²) in [5.74, 6) is 7.59. The van der Waals surface area contributed by atoms with Crippen molar-refractivity contribution in [2.24, 2.45) is 17.2 Å². The SMILES string of the molecule is CCC1CC(c2ccccc2)CN(N)C(OC)CC(C)(C)C1. The zero-order valence-electron chi connectivity index (χ0n) is 14.6. The minimum Gasteiger partial charge on any atom is -0.365 e. The van der Waals surface area contributed by atoms with Crippen LogP contribution in [0.3, 0.4) is 0 Å². The molecule has 2 rings (SSSR count). The third-order valence-corrected chi connectivity index (χ3v) is 5.11. The average molecular weight is 304 g/mol. The molecule has 1 fully saturated rings. The van der Waals surface area contributed by atoms with E-state index in [9.17, 15) is 0 Å². The van der Waals surface area contributed by atoms with Crippen molar-refractivity contribution in [3.05, 3.63) is 35.9 Å². The minimum absolute atomic E-state index is 0.00295. The Balaban J connectivity index is 2.27. The third-order valence-electron chi connectivity index (χ3n) is 5.11. The van der Waals surface area contributed by atoms with Gasteiger partial charge in [0, 0.05) is 13.7 Å². The lowest BCUT2D eigenvalue weighted by Crippen LogP contribution is -2.45. The second-order valence-corrected chi connectivity index (χ2v) is 7.58. The molecule has 0 bridgehead atoms. The number of hydrazine groups is 1. The van der Waals surface area contributed by atoms with Crippen LogP contribution in [0, 0.1) is 11.3 Å². The lowest BCUT2D eigenvalue weighted by atomic mass is 9.76. The average Bonchev–Trinajstić information content (AvgIpc) is 2.55. The topological polar surface area (TPSA) is 38.5 Å². The Labute approximate surface area is 135 Å². The summed E-state index contributed by atoms with van der Waals surface area (Å²) in [7, 11) is 1.77. The molecular weight excluding hydrogens is 272 g/mol. The van der Waals surface area contributed by atoms with Crippen LogP contribution in [0.25, 0.3) is 0 Å². The fourth-order valence-electron chi connectivity index (χ4n) is 3.88. The predicted octanol–water partition coefficient (Wildman–Crippen LogP) is 4.15. The van der Waals surface area contributed by atoms with E-state index < -0.39 is 0 Å². The quantitative estimate of drug-likeness (QED) is 0.852. The molecule has 3 nitrogen and oxygen atoms in total. The summed E-state index contributed by atoms with van der Waals surface area (Å²) < 4.78 is 5.68. The molecular formula is C19H32N2O. The Morgan fingerprint density at radius 3 is 2.50 bits per heavy atom. The van der Waals surface area contributed by atoms with Crippen molar-refractivity contribution >= 4 is 0 Å². The van der Waals surface area contributed by atoms with E-state index in [0.29, 0.717) is 5.92 Å². The molecule has 1 heterocycles. The summed E-state index contributed by atoms with van der Waals surface area (Å²) in [6.07, 6.45) is 4.65. The van der Waals surface area contributed by atoms with Crippen molar-refractivity contribution in [1.29, 1.82) is 0 Å². The first-order valence-electron chi connectivity index (χ1n) is 8.54. The first-order valence-corrected chi connectivity index (χ1v) is 8.54. The first-order chi connectivity index (χ1) is 10.4. The second kappa shape index (κ2) is 7.58. The lowest BCUT2D eigenvalue weighted by Gasteiger charge is -2.33. The van der Waals surface area contributed by atoms with Gasteiger partial charge in [0.1, 0.15) is 6.23 Å². The van der Waals surface area contributed by atoms with Crippen molar-refractivity contribution in [2.45, 2.75) is 58.6 Å². The van der Waals surface area contributed by atoms with Crippen LogP contribution in [-0.2, 0) is 4.74 Å². The zero-order valence-corrected chi connectivity index (χ0v) is 14.6. The molecule has 1 aromatic carbocycles. The molecule has 3 atom stereocenters. The summed E-state index contributed by atoms with van der Waals surface area (Å²) in [4.78, 5) is 0. The molecule has 0 aliphatic carbocycles. The van der Waals surface area contributed by atoms with Gasteiger partial charge in [-0.1, -0.05) is 57.5 Å². The molecule has 2 N–H and O–H groups in total. The second-order valence-electron chi connectivity index (χ2n) is 7.58. The van der Waals surface area contributed by atoms with E-state index >= 15 is 0 Å². The van der Waals surface area contributed by atoms with E-state index in [1.807, 2.05) is 5.01 Å². The molecule has 0 spiro atoms. The molecule has 0 radical (unpaired) electrons. The number of benzene rings is 1. The normalized spacial score (nSPS) is 30.3. The zero-order chi connectivity index (χ0) is 16.2.